The van der Waals surface area contributed by atoms with Crippen LogP contribution in [0.15, 0.2) is 29.2 Å². The number of piperidine rings is 1. The van der Waals surface area contributed by atoms with Gasteiger partial charge < -0.3 is 14.6 Å². The van der Waals surface area contributed by atoms with Gasteiger partial charge in [0.05, 0.1) is 12.5 Å². The number of benzene rings is 1. The largest absolute Gasteiger partial charge is 0.462 e. The number of anilines is 1. The van der Waals surface area contributed by atoms with Crippen molar-refractivity contribution < 1.29 is 22.7 Å². The number of amides is 1. The first-order chi connectivity index (χ1) is 15.6. The van der Waals surface area contributed by atoms with E-state index in [-0.39, 0.29) is 29.5 Å². The van der Waals surface area contributed by atoms with Crippen LogP contribution in [-0.4, -0.2) is 48.9 Å². The summed E-state index contributed by atoms with van der Waals surface area (Å²) >= 11 is 0. The van der Waals surface area contributed by atoms with E-state index >= 15 is 0 Å². The van der Waals surface area contributed by atoms with Gasteiger partial charge in [-0.05, 0) is 59.6 Å². The molecule has 0 aliphatic carbocycles. The summed E-state index contributed by atoms with van der Waals surface area (Å²) in [6.45, 7) is 10.0. The summed E-state index contributed by atoms with van der Waals surface area (Å²) in [6.07, 6.45) is 1.16. The fraction of sp³-hybridized carbons (Fsp3) is 0.500. The van der Waals surface area contributed by atoms with Gasteiger partial charge in [0.2, 0.25) is 15.9 Å². The molecule has 1 fully saturated rings. The van der Waals surface area contributed by atoms with Gasteiger partial charge in [-0.1, -0.05) is 17.7 Å². The Labute approximate surface area is 196 Å². The Balaban J connectivity index is 1.90. The predicted molar refractivity (Wildman–Crippen MR) is 127 cm³/mol. The van der Waals surface area contributed by atoms with Gasteiger partial charge in [-0.3, -0.25) is 4.79 Å². The first-order valence-corrected chi connectivity index (χ1v) is 12.8. The lowest BCUT2D eigenvalue weighted by Crippen LogP contribution is -2.44. The lowest BCUT2D eigenvalue weighted by molar-refractivity contribution is -0.120. The number of hydrogen-bond acceptors (Lipinski definition) is 5. The Bertz CT molecular complexity index is 1140. The molecule has 8 nitrogen and oxygen atoms in total. The summed E-state index contributed by atoms with van der Waals surface area (Å²) in [5.41, 5.74) is 2.93. The zero-order chi connectivity index (χ0) is 24.3. The highest BCUT2D eigenvalue weighted by Gasteiger charge is 2.39. The number of aryl methyl sites for hydroxylation is 1. The third kappa shape index (κ3) is 4.99. The number of hydrogen-bond donors (Lipinski definition) is 1. The molecule has 1 saturated heterocycles. The number of ether oxygens (including phenoxy) is 1. The average molecular weight is 476 g/mol. The predicted octanol–water partition coefficient (Wildman–Crippen LogP) is 3.65. The second-order valence-corrected chi connectivity index (χ2v) is 10.3. The Morgan fingerprint density at radius 1 is 1.09 bits per heavy atom. The van der Waals surface area contributed by atoms with E-state index in [2.05, 4.69) is 5.32 Å². The lowest BCUT2D eigenvalue weighted by Gasteiger charge is -2.31. The van der Waals surface area contributed by atoms with Crippen molar-refractivity contribution in [1.82, 2.24) is 8.87 Å². The summed E-state index contributed by atoms with van der Waals surface area (Å²) < 4.78 is 35.8. The van der Waals surface area contributed by atoms with Crippen molar-refractivity contribution in [1.29, 1.82) is 0 Å². The Morgan fingerprint density at radius 2 is 1.76 bits per heavy atom. The fourth-order valence-electron chi connectivity index (χ4n) is 4.47. The maximum absolute atomic E-state index is 13.8. The van der Waals surface area contributed by atoms with Crippen molar-refractivity contribution in [2.45, 2.75) is 58.9 Å². The highest BCUT2D eigenvalue weighted by molar-refractivity contribution is 7.89. The highest BCUT2D eigenvalue weighted by Crippen LogP contribution is 2.33. The molecule has 0 radical (unpaired) electrons. The summed E-state index contributed by atoms with van der Waals surface area (Å²) in [6, 6.07) is 7.48. The maximum atomic E-state index is 13.8. The summed E-state index contributed by atoms with van der Waals surface area (Å²) in [7, 11) is -4.01. The lowest BCUT2D eigenvalue weighted by atomic mass is 9.98. The molecular weight excluding hydrogens is 442 g/mol. The van der Waals surface area contributed by atoms with E-state index in [4.69, 9.17) is 4.74 Å². The van der Waals surface area contributed by atoms with Gasteiger partial charge in [0.15, 0.2) is 0 Å². The van der Waals surface area contributed by atoms with Crippen LogP contribution >= 0.6 is 0 Å². The summed E-state index contributed by atoms with van der Waals surface area (Å²) in [5, 5.41) is 2.89. The molecular formula is C24H33N3O5S. The Kier molecular flexibility index (Phi) is 7.64. The van der Waals surface area contributed by atoms with Crippen molar-refractivity contribution in [2.75, 3.05) is 25.0 Å². The molecule has 3 rings (SSSR count). The van der Waals surface area contributed by atoms with Crippen LogP contribution in [0, 0.1) is 26.7 Å². The van der Waals surface area contributed by atoms with Crippen LogP contribution in [0.5, 0.6) is 0 Å². The van der Waals surface area contributed by atoms with Crippen molar-refractivity contribution in [3.63, 3.8) is 0 Å². The van der Waals surface area contributed by atoms with Crippen molar-refractivity contribution in [2.24, 2.45) is 5.92 Å². The standard InChI is InChI=1S/C24H33N3O5S/c1-6-27-17(4)21(24(29)32-7-2)22(18(27)5)33(30,31)26-14-8-9-19(15-26)23(28)25-20-12-10-16(3)11-13-20/h10-13,19H,6-9,14-15H2,1-5H3,(H,25,28)/t19-/m1/s1. The monoisotopic (exact) mass is 475 g/mol. The SMILES string of the molecule is CCOC(=O)c1c(S(=O)(=O)N2CCC[C@@H](C(=O)Nc3ccc(C)cc3)C2)c(C)n(CC)c1C. The molecule has 0 spiro atoms. The van der Waals surface area contributed by atoms with Crippen LogP contribution in [0.3, 0.4) is 0 Å². The third-order valence-electron chi connectivity index (χ3n) is 6.19. The third-order valence-corrected chi connectivity index (χ3v) is 8.22. The first kappa shape index (κ1) is 25.0. The molecule has 1 atom stereocenters. The van der Waals surface area contributed by atoms with Crippen molar-refractivity contribution in [3.8, 4) is 0 Å². The molecule has 0 unspecified atom stereocenters. The van der Waals surface area contributed by atoms with Crippen LogP contribution in [0.25, 0.3) is 0 Å². The van der Waals surface area contributed by atoms with E-state index in [9.17, 15) is 18.0 Å². The molecule has 33 heavy (non-hydrogen) atoms. The fourth-order valence-corrected chi connectivity index (χ4v) is 6.45. The van der Waals surface area contributed by atoms with Crippen LogP contribution in [0.1, 0.15) is 54.0 Å². The van der Waals surface area contributed by atoms with Gasteiger partial charge in [0.1, 0.15) is 10.5 Å². The molecule has 2 aromatic rings. The average Bonchev–Trinajstić information content (AvgIpc) is 3.05. The number of esters is 1. The number of sulfonamides is 1. The van der Waals surface area contributed by atoms with E-state index in [0.29, 0.717) is 43.0 Å². The van der Waals surface area contributed by atoms with E-state index in [0.717, 1.165) is 5.56 Å². The first-order valence-electron chi connectivity index (χ1n) is 11.4. The Morgan fingerprint density at radius 3 is 2.36 bits per heavy atom. The minimum Gasteiger partial charge on any atom is -0.462 e. The van der Waals surface area contributed by atoms with Crippen molar-refractivity contribution >= 4 is 27.6 Å². The second kappa shape index (κ2) is 10.1. The number of nitrogens with zero attached hydrogens (tertiary/aromatic N) is 2. The van der Waals surface area contributed by atoms with E-state index in [1.54, 1.807) is 20.8 Å². The molecule has 1 N–H and O–H groups in total. The van der Waals surface area contributed by atoms with Crippen LogP contribution in [0.2, 0.25) is 0 Å². The highest BCUT2D eigenvalue weighted by atomic mass is 32.2. The van der Waals surface area contributed by atoms with E-state index in [1.807, 2.05) is 42.7 Å². The minimum absolute atomic E-state index is 0.0140. The normalized spacial score (nSPS) is 17.1. The van der Waals surface area contributed by atoms with Gasteiger partial charge in [-0.25, -0.2) is 13.2 Å². The van der Waals surface area contributed by atoms with Gasteiger partial charge in [0.25, 0.3) is 0 Å². The molecule has 0 bridgehead atoms. The van der Waals surface area contributed by atoms with E-state index < -0.39 is 21.9 Å². The van der Waals surface area contributed by atoms with Crippen LogP contribution < -0.4 is 5.32 Å². The Hall–Kier alpha value is -2.65. The number of carbonyl (C=O) groups excluding carboxylic acids is 2. The molecule has 180 valence electrons. The minimum atomic E-state index is -4.01. The van der Waals surface area contributed by atoms with Crippen LogP contribution in [-0.2, 0) is 26.1 Å². The number of carbonyl (C=O) groups is 2. The number of nitrogens with one attached hydrogen (secondary N) is 1. The topological polar surface area (TPSA) is 97.7 Å². The summed E-state index contributed by atoms with van der Waals surface area (Å²) in [5.74, 6) is -1.33. The molecule has 1 aromatic carbocycles. The van der Waals surface area contributed by atoms with Gasteiger partial charge in [0, 0.05) is 36.7 Å². The maximum Gasteiger partial charge on any atom is 0.341 e. The van der Waals surface area contributed by atoms with Gasteiger partial charge >= 0.3 is 5.97 Å². The summed E-state index contributed by atoms with van der Waals surface area (Å²) in [4.78, 5) is 25.6. The zero-order valence-corrected chi connectivity index (χ0v) is 20.8. The molecule has 1 amide bonds. The van der Waals surface area contributed by atoms with Gasteiger partial charge in [-0.15, -0.1) is 0 Å². The molecule has 1 aromatic heterocycles. The zero-order valence-electron chi connectivity index (χ0n) is 20.0. The molecule has 1 aliphatic rings. The van der Waals surface area contributed by atoms with Crippen molar-refractivity contribution in [3.05, 3.63) is 46.8 Å². The van der Waals surface area contributed by atoms with Crippen LogP contribution in [0.4, 0.5) is 5.69 Å². The van der Waals surface area contributed by atoms with Gasteiger partial charge in [-0.2, -0.15) is 4.31 Å². The molecule has 0 saturated carbocycles. The molecule has 2 heterocycles. The molecule has 9 heteroatoms. The molecule has 1 aliphatic heterocycles. The number of aromatic nitrogens is 1. The number of rotatable bonds is 7. The second-order valence-electron chi connectivity index (χ2n) is 8.40. The van der Waals surface area contributed by atoms with E-state index in [1.165, 1.54) is 4.31 Å². The quantitative estimate of drug-likeness (QED) is 0.617. The smallest absolute Gasteiger partial charge is 0.341 e.